The molecule has 0 aliphatic heterocycles. The summed E-state index contributed by atoms with van der Waals surface area (Å²) in [4.78, 5) is 29.4. The fourth-order valence-corrected chi connectivity index (χ4v) is 2.68. The highest BCUT2D eigenvalue weighted by atomic mass is 32.1. The molecule has 142 valence electrons. The van der Waals surface area contributed by atoms with Crippen LogP contribution in [0.25, 0.3) is 0 Å². The summed E-state index contributed by atoms with van der Waals surface area (Å²) >= 11 is 5.10. The molecule has 0 aliphatic rings. The minimum Gasteiger partial charge on any atom is -0.545 e. The zero-order valence-corrected chi connectivity index (χ0v) is 15.1. The first-order valence-electron chi connectivity index (χ1n) is 8.01. The van der Waals surface area contributed by atoms with Crippen LogP contribution in [-0.4, -0.2) is 26.8 Å². The standard InChI is InChI=1S/C19H14FN3O4S/c20-13-5-1-11(2-6-13)10-23-17(25)15(16(24)22-19(23)28)9-21-14-7-3-12(4-8-14)18(26)27/h1-9,25H,10H2,(H,26,27)(H,22,24,28)/p-1. The molecule has 0 radical (unpaired) electrons. The molecule has 2 aromatic carbocycles. The highest BCUT2D eigenvalue weighted by Gasteiger charge is 2.11. The molecule has 0 saturated carbocycles. The first-order chi connectivity index (χ1) is 13.3. The maximum Gasteiger partial charge on any atom is 0.264 e. The number of aromatic carboxylic acids is 1. The summed E-state index contributed by atoms with van der Waals surface area (Å²) in [7, 11) is 0. The van der Waals surface area contributed by atoms with Gasteiger partial charge in [-0.1, -0.05) is 24.3 Å². The molecule has 2 N–H and O–H groups in total. The van der Waals surface area contributed by atoms with E-state index in [1.807, 2.05) is 0 Å². The van der Waals surface area contributed by atoms with Crippen LogP contribution in [0.15, 0.2) is 58.3 Å². The van der Waals surface area contributed by atoms with Gasteiger partial charge in [0.25, 0.3) is 5.56 Å². The zero-order chi connectivity index (χ0) is 20.3. The van der Waals surface area contributed by atoms with Gasteiger partial charge >= 0.3 is 0 Å². The van der Waals surface area contributed by atoms with Crippen molar-refractivity contribution in [2.45, 2.75) is 6.54 Å². The Labute approximate surface area is 163 Å². The van der Waals surface area contributed by atoms with Crippen LogP contribution < -0.4 is 10.7 Å². The Morgan fingerprint density at radius 2 is 1.86 bits per heavy atom. The van der Waals surface area contributed by atoms with Crippen molar-refractivity contribution in [1.29, 1.82) is 0 Å². The predicted molar refractivity (Wildman–Crippen MR) is 101 cm³/mol. The number of nitrogens with zero attached hydrogens (tertiary/aromatic N) is 2. The summed E-state index contributed by atoms with van der Waals surface area (Å²) in [5.74, 6) is -2.10. The average molecular weight is 398 g/mol. The van der Waals surface area contributed by atoms with E-state index in [9.17, 15) is 24.2 Å². The lowest BCUT2D eigenvalue weighted by Crippen LogP contribution is -2.21. The molecule has 3 aromatic rings. The summed E-state index contributed by atoms with van der Waals surface area (Å²) in [6.45, 7) is 0.114. The maximum atomic E-state index is 13.1. The van der Waals surface area contributed by atoms with Gasteiger partial charge in [0, 0.05) is 6.21 Å². The van der Waals surface area contributed by atoms with Crippen LogP contribution in [-0.2, 0) is 6.54 Å². The van der Waals surface area contributed by atoms with Crippen molar-refractivity contribution >= 4 is 30.1 Å². The Morgan fingerprint density at radius 1 is 1.21 bits per heavy atom. The number of aliphatic imine (C=N–C) groups is 1. The number of hydrogen-bond donors (Lipinski definition) is 2. The summed E-state index contributed by atoms with van der Waals surface area (Å²) < 4.78 is 14.3. The van der Waals surface area contributed by atoms with Gasteiger partial charge < -0.3 is 15.0 Å². The van der Waals surface area contributed by atoms with Crippen LogP contribution in [0, 0.1) is 10.6 Å². The first kappa shape index (κ1) is 19.2. The molecular weight excluding hydrogens is 385 g/mol. The van der Waals surface area contributed by atoms with E-state index >= 15 is 0 Å². The lowest BCUT2D eigenvalue weighted by Gasteiger charge is -2.11. The monoisotopic (exact) mass is 398 g/mol. The number of aromatic amines is 1. The molecule has 3 rings (SSSR count). The van der Waals surface area contributed by atoms with Gasteiger partial charge in [-0.15, -0.1) is 0 Å². The van der Waals surface area contributed by atoms with Crippen molar-refractivity contribution in [2.24, 2.45) is 4.99 Å². The average Bonchev–Trinajstić information content (AvgIpc) is 2.66. The van der Waals surface area contributed by atoms with Gasteiger partial charge in [0.15, 0.2) is 4.77 Å². The molecule has 0 bridgehead atoms. The van der Waals surface area contributed by atoms with Crippen LogP contribution >= 0.6 is 12.2 Å². The molecule has 0 amide bonds. The largest absolute Gasteiger partial charge is 0.545 e. The number of H-pyrrole nitrogens is 1. The molecule has 9 heteroatoms. The number of carboxylic acids is 1. The van der Waals surface area contributed by atoms with Crippen LogP contribution in [0.2, 0.25) is 0 Å². The Balaban J connectivity index is 1.94. The number of carboxylic acid groups (broad SMARTS) is 1. The van der Waals surface area contributed by atoms with E-state index in [-0.39, 0.29) is 22.4 Å². The highest BCUT2D eigenvalue weighted by molar-refractivity contribution is 7.71. The van der Waals surface area contributed by atoms with Crippen LogP contribution in [0.1, 0.15) is 21.5 Å². The molecule has 1 aromatic heterocycles. The minimum atomic E-state index is -1.31. The van der Waals surface area contributed by atoms with Gasteiger partial charge in [0.05, 0.1) is 18.2 Å². The Kier molecular flexibility index (Phi) is 5.46. The van der Waals surface area contributed by atoms with E-state index in [2.05, 4.69) is 9.98 Å². The second-order valence-electron chi connectivity index (χ2n) is 5.80. The van der Waals surface area contributed by atoms with E-state index in [4.69, 9.17) is 12.2 Å². The number of halogens is 1. The quantitative estimate of drug-likeness (QED) is 0.504. The summed E-state index contributed by atoms with van der Waals surface area (Å²) in [5.41, 5.74) is 0.275. The molecule has 0 unspecified atom stereocenters. The van der Waals surface area contributed by atoms with Crippen molar-refractivity contribution in [3.63, 3.8) is 0 Å². The molecule has 0 atom stereocenters. The lowest BCUT2D eigenvalue weighted by atomic mass is 10.2. The van der Waals surface area contributed by atoms with Crippen molar-refractivity contribution < 1.29 is 19.4 Å². The van der Waals surface area contributed by atoms with Crippen molar-refractivity contribution in [2.75, 3.05) is 0 Å². The van der Waals surface area contributed by atoms with E-state index in [0.717, 1.165) is 6.21 Å². The second-order valence-corrected chi connectivity index (χ2v) is 6.19. The molecule has 28 heavy (non-hydrogen) atoms. The number of carbonyl (C=O) groups is 1. The molecule has 0 spiro atoms. The second kappa shape index (κ2) is 7.97. The predicted octanol–water partition coefficient (Wildman–Crippen LogP) is 1.91. The number of aromatic nitrogens is 2. The third-order valence-electron chi connectivity index (χ3n) is 3.91. The van der Waals surface area contributed by atoms with Gasteiger partial charge in [0.1, 0.15) is 11.4 Å². The van der Waals surface area contributed by atoms with Gasteiger partial charge in [-0.05, 0) is 47.6 Å². The number of hydrogen-bond acceptors (Lipinski definition) is 6. The van der Waals surface area contributed by atoms with Gasteiger partial charge in [-0.2, -0.15) is 0 Å². The maximum absolute atomic E-state index is 13.1. The Bertz CT molecular complexity index is 1170. The van der Waals surface area contributed by atoms with Crippen LogP contribution in [0.3, 0.4) is 0 Å². The van der Waals surface area contributed by atoms with Crippen molar-refractivity contribution in [3.8, 4) is 5.88 Å². The highest BCUT2D eigenvalue weighted by Crippen LogP contribution is 2.17. The third kappa shape index (κ3) is 4.21. The summed E-state index contributed by atoms with van der Waals surface area (Å²) in [6.07, 6.45) is 1.15. The summed E-state index contributed by atoms with van der Waals surface area (Å²) in [6, 6.07) is 11.1. The number of carbonyl (C=O) groups excluding carboxylic acids is 1. The molecule has 0 aliphatic carbocycles. The Morgan fingerprint density at radius 3 is 2.46 bits per heavy atom. The minimum absolute atomic E-state index is 0.00212. The van der Waals surface area contributed by atoms with Gasteiger partial charge in [0.2, 0.25) is 5.88 Å². The number of aromatic hydroxyl groups is 1. The topological polar surface area (TPSA) is 111 Å². The Hall–Kier alpha value is -3.59. The third-order valence-corrected chi connectivity index (χ3v) is 4.23. The van der Waals surface area contributed by atoms with E-state index in [1.165, 1.54) is 53.1 Å². The van der Waals surface area contributed by atoms with E-state index < -0.39 is 23.2 Å². The normalized spacial score (nSPS) is 11.0. The molecule has 0 saturated heterocycles. The zero-order valence-electron chi connectivity index (χ0n) is 14.3. The van der Waals surface area contributed by atoms with Crippen molar-refractivity contribution in [3.05, 3.63) is 86.2 Å². The fraction of sp³-hybridized carbons (Fsp3) is 0.0526. The molecule has 7 nitrogen and oxygen atoms in total. The number of rotatable bonds is 5. The smallest absolute Gasteiger partial charge is 0.264 e. The number of nitrogens with one attached hydrogen (secondary N) is 1. The van der Waals surface area contributed by atoms with Gasteiger partial charge in [-0.3, -0.25) is 19.3 Å². The van der Waals surface area contributed by atoms with Gasteiger partial charge in [-0.25, -0.2) is 4.39 Å². The van der Waals surface area contributed by atoms with Crippen LogP contribution in [0.4, 0.5) is 10.1 Å². The van der Waals surface area contributed by atoms with Crippen molar-refractivity contribution in [1.82, 2.24) is 9.55 Å². The number of benzene rings is 2. The molecular formula is C19H13FN3O4S-. The fourth-order valence-electron chi connectivity index (χ4n) is 2.43. The SMILES string of the molecule is O=C([O-])c1ccc(N=Cc2c(O)n(Cc3ccc(F)cc3)c(=S)[nH]c2=O)cc1. The molecule has 1 heterocycles. The lowest BCUT2D eigenvalue weighted by molar-refractivity contribution is -0.255. The van der Waals surface area contributed by atoms with E-state index in [1.54, 1.807) is 0 Å². The van der Waals surface area contributed by atoms with E-state index in [0.29, 0.717) is 11.3 Å². The first-order valence-corrected chi connectivity index (χ1v) is 8.42. The summed E-state index contributed by atoms with van der Waals surface area (Å²) in [5, 5.41) is 21.2. The molecule has 0 fully saturated rings. The van der Waals surface area contributed by atoms with Crippen LogP contribution in [0.5, 0.6) is 5.88 Å².